The van der Waals surface area contributed by atoms with Gasteiger partial charge in [-0.25, -0.2) is 4.98 Å². The lowest BCUT2D eigenvalue weighted by atomic mass is 10.2. The third kappa shape index (κ3) is 3.43. The Balaban J connectivity index is 1.66. The molecule has 3 aromatic carbocycles. The Hall–Kier alpha value is -3.00. The fourth-order valence-corrected chi connectivity index (χ4v) is 3.72. The van der Waals surface area contributed by atoms with Gasteiger partial charge in [-0.1, -0.05) is 24.3 Å². The summed E-state index contributed by atoms with van der Waals surface area (Å²) < 4.78 is 2.47. The molecule has 5 nitrogen and oxygen atoms in total. The number of fused-ring (bicyclic) bond motifs is 1. The van der Waals surface area contributed by atoms with Gasteiger partial charge in [-0.15, -0.1) is 0 Å². The quantitative estimate of drug-likeness (QED) is 0.437. The van der Waals surface area contributed by atoms with Crippen LogP contribution in [-0.2, 0) is 0 Å². The van der Waals surface area contributed by atoms with Crippen LogP contribution in [0.4, 0.5) is 5.69 Å². The van der Waals surface area contributed by atoms with Crippen molar-refractivity contribution in [3.05, 3.63) is 98.1 Å². The molecule has 1 aromatic heterocycles. The molecule has 0 aliphatic heterocycles. The Kier molecular flexibility index (Phi) is 4.95. The summed E-state index contributed by atoms with van der Waals surface area (Å²) in [4.78, 5) is 29.9. The summed E-state index contributed by atoms with van der Waals surface area (Å²) >= 11 is 2.14. The van der Waals surface area contributed by atoms with E-state index >= 15 is 0 Å². The van der Waals surface area contributed by atoms with E-state index in [-0.39, 0.29) is 11.5 Å². The number of anilines is 1. The number of carbonyl (C=O) groups is 1. The number of halogens is 1. The number of amides is 1. The Morgan fingerprint density at radius 3 is 2.39 bits per heavy atom. The molecule has 1 N–H and O–H groups in total. The highest BCUT2D eigenvalue weighted by atomic mass is 127. The van der Waals surface area contributed by atoms with Gasteiger partial charge in [-0.3, -0.25) is 14.2 Å². The second-order valence-corrected chi connectivity index (χ2v) is 7.46. The van der Waals surface area contributed by atoms with Crippen molar-refractivity contribution >= 4 is 45.1 Å². The normalized spacial score (nSPS) is 10.8. The smallest absolute Gasteiger partial charge is 0.265 e. The van der Waals surface area contributed by atoms with E-state index in [1.807, 2.05) is 36.4 Å². The molecular formula is C22H16IN3O2. The van der Waals surface area contributed by atoms with Gasteiger partial charge in [0.1, 0.15) is 5.82 Å². The fourth-order valence-electron chi connectivity index (χ4n) is 3.09. The van der Waals surface area contributed by atoms with Crippen LogP contribution < -0.4 is 10.9 Å². The van der Waals surface area contributed by atoms with E-state index in [1.165, 1.54) is 0 Å². The summed E-state index contributed by atoms with van der Waals surface area (Å²) in [6, 6.07) is 21.9. The third-order valence-corrected chi connectivity index (χ3v) is 5.39. The van der Waals surface area contributed by atoms with Gasteiger partial charge >= 0.3 is 0 Å². The van der Waals surface area contributed by atoms with Crippen molar-refractivity contribution in [2.75, 3.05) is 5.32 Å². The van der Waals surface area contributed by atoms with Crippen LogP contribution in [-0.4, -0.2) is 15.5 Å². The Morgan fingerprint density at radius 1 is 0.964 bits per heavy atom. The lowest BCUT2D eigenvalue weighted by Crippen LogP contribution is -2.22. The number of para-hydroxylation sites is 1. The molecule has 1 heterocycles. The maximum atomic E-state index is 12.9. The number of nitrogens with zero attached hydrogens (tertiary/aromatic N) is 2. The molecule has 1 amide bonds. The largest absolute Gasteiger partial charge is 0.322 e. The summed E-state index contributed by atoms with van der Waals surface area (Å²) in [5.41, 5.74) is 2.56. The first-order valence-corrected chi connectivity index (χ1v) is 9.77. The zero-order valence-corrected chi connectivity index (χ0v) is 17.2. The minimum absolute atomic E-state index is 0.112. The summed E-state index contributed by atoms with van der Waals surface area (Å²) in [6.07, 6.45) is 0. The number of aromatic nitrogens is 2. The molecular weight excluding hydrogens is 465 g/mol. The molecule has 0 aliphatic carbocycles. The molecule has 0 saturated carbocycles. The van der Waals surface area contributed by atoms with Crippen LogP contribution >= 0.6 is 22.6 Å². The molecule has 0 radical (unpaired) electrons. The topological polar surface area (TPSA) is 64.0 Å². The van der Waals surface area contributed by atoms with E-state index in [4.69, 9.17) is 0 Å². The van der Waals surface area contributed by atoms with Gasteiger partial charge in [0.15, 0.2) is 0 Å². The van der Waals surface area contributed by atoms with Crippen LogP contribution in [0.15, 0.2) is 77.6 Å². The molecule has 28 heavy (non-hydrogen) atoms. The van der Waals surface area contributed by atoms with Crippen molar-refractivity contribution in [3.63, 3.8) is 0 Å². The van der Waals surface area contributed by atoms with Crippen molar-refractivity contribution in [1.29, 1.82) is 0 Å². The number of nitrogens with one attached hydrogen (secondary N) is 1. The zero-order chi connectivity index (χ0) is 19.7. The lowest BCUT2D eigenvalue weighted by Gasteiger charge is -2.12. The molecule has 6 heteroatoms. The number of carbonyl (C=O) groups excluding carboxylic acids is 1. The van der Waals surface area contributed by atoms with Gasteiger partial charge in [0, 0.05) is 9.26 Å². The molecule has 4 aromatic rings. The highest BCUT2D eigenvalue weighted by Crippen LogP contribution is 2.18. The number of aryl methyl sites for hydroxylation is 1. The first-order chi connectivity index (χ1) is 13.5. The first-order valence-electron chi connectivity index (χ1n) is 8.69. The molecule has 0 fully saturated rings. The van der Waals surface area contributed by atoms with Gasteiger partial charge < -0.3 is 5.32 Å². The van der Waals surface area contributed by atoms with Gasteiger partial charge in [0.25, 0.3) is 11.5 Å². The van der Waals surface area contributed by atoms with Crippen LogP contribution in [0.1, 0.15) is 16.2 Å². The van der Waals surface area contributed by atoms with Crippen molar-refractivity contribution in [2.45, 2.75) is 6.92 Å². The average molecular weight is 481 g/mol. The fraction of sp³-hybridized carbons (Fsp3) is 0.0455. The third-order valence-electron chi connectivity index (χ3n) is 4.45. The molecule has 138 valence electrons. The minimum atomic E-state index is -0.168. The SMILES string of the molecule is Cc1nc2ccccc2c(=O)n1-c1ccc(NC(=O)c2ccccc2I)cc1. The van der Waals surface area contributed by atoms with Gasteiger partial charge in [-0.05, 0) is 78.0 Å². The molecule has 0 aliphatic rings. The molecule has 4 rings (SSSR count). The average Bonchev–Trinajstić information content (AvgIpc) is 2.69. The predicted octanol–water partition coefficient (Wildman–Crippen LogP) is 4.55. The second kappa shape index (κ2) is 7.55. The van der Waals surface area contributed by atoms with Crippen molar-refractivity contribution in [2.24, 2.45) is 0 Å². The van der Waals surface area contributed by atoms with Crippen LogP contribution in [0.2, 0.25) is 0 Å². The molecule has 0 atom stereocenters. The van der Waals surface area contributed by atoms with Gasteiger partial charge in [-0.2, -0.15) is 0 Å². The summed E-state index contributed by atoms with van der Waals surface area (Å²) in [5.74, 6) is 0.442. The molecule has 0 spiro atoms. The van der Waals surface area contributed by atoms with E-state index in [0.717, 1.165) is 3.57 Å². The summed E-state index contributed by atoms with van der Waals surface area (Å²) in [6.45, 7) is 1.81. The summed E-state index contributed by atoms with van der Waals surface area (Å²) in [5, 5.41) is 3.46. The van der Waals surface area contributed by atoms with Gasteiger partial charge in [0.2, 0.25) is 0 Å². The van der Waals surface area contributed by atoms with Crippen LogP contribution in [0, 0.1) is 10.5 Å². The molecule has 0 saturated heterocycles. The van der Waals surface area contributed by atoms with Crippen LogP contribution in [0.5, 0.6) is 0 Å². The number of benzene rings is 3. The van der Waals surface area contributed by atoms with Crippen molar-refractivity contribution < 1.29 is 4.79 Å². The van der Waals surface area contributed by atoms with Crippen molar-refractivity contribution in [1.82, 2.24) is 9.55 Å². The lowest BCUT2D eigenvalue weighted by molar-refractivity contribution is 0.102. The van der Waals surface area contributed by atoms with E-state index in [0.29, 0.717) is 33.7 Å². The van der Waals surface area contributed by atoms with E-state index in [2.05, 4.69) is 32.9 Å². The second-order valence-electron chi connectivity index (χ2n) is 6.30. The van der Waals surface area contributed by atoms with E-state index < -0.39 is 0 Å². The number of rotatable bonds is 3. The number of hydrogen-bond acceptors (Lipinski definition) is 3. The highest BCUT2D eigenvalue weighted by molar-refractivity contribution is 14.1. The summed E-state index contributed by atoms with van der Waals surface area (Å²) in [7, 11) is 0. The monoisotopic (exact) mass is 481 g/mol. The number of hydrogen-bond donors (Lipinski definition) is 1. The maximum absolute atomic E-state index is 12.9. The highest BCUT2D eigenvalue weighted by Gasteiger charge is 2.11. The minimum Gasteiger partial charge on any atom is -0.322 e. The van der Waals surface area contributed by atoms with E-state index in [1.54, 1.807) is 47.9 Å². The van der Waals surface area contributed by atoms with Crippen LogP contribution in [0.25, 0.3) is 16.6 Å². The van der Waals surface area contributed by atoms with Crippen molar-refractivity contribution in [3.8, 4) is 5.69 Å². The Morgan fingerprint density at radius 2 is 1.64 bits per heavy atom. The molecule has 0 unspecified atom stereocenters. The standard InChI is InChI=1S/C22H16IN3O2/c1-14-24-20-9-5-3-7-18(20)22(28)26(14)16-12-10-15(11-13-16)25-21(27)17-6-2-4-8-19(17)23/h2-13H,1H3,(H,25,27). The predicted molar refractivity (Wildman–Crippen MR) is 119 cm³/mol. The van der Waals surface area contributed by atoms with Gasteiger partial charge in [0.05, 0.1) is 22.2 Å². The first kappa shape index (κ1) is 18.4. The Labute approximate surface area is 175 Å². The Bertz CT molecular complexity index is 1250. The molecule has 0 bridgehead atoms. The maximum Gasteiger partial charge on any atom is 0.265 e. The zero-order valence-electron chi connectivity index (χ0n) is 15.0. The van der Waals surface area contributed by atoms with Crippen LogP contribution in [0.3, 0.4) is 0 Å². The van der Waals surface area contributed by atoms with E-state index in [9.17, 15) is 9.59 Å².